The van der Waals surface area contributed by atoms with E-state index in [0.717, 1.165) is 12.5 Å². The second-order valence-electron chi connectivity index (χ2n) is 4.37. The van der Waals surface area contributed by atoms with Gasteiger partial charge in [-0.3, -0.25) is 4.79 Å². The van der Waals surface area contributed by atoms with E-state index >= 15 is 0 Å². The molecule has 0 aliphatic carbocycles. The number of aromatic nitrogens is 2. The maximum absolute atomic E-state index is 12.7. The molecule has 1 heterocycles. The molecular formula is C12H18F3N5O. The van der Waals surface area contributed by atoms with E-state index in [2.05, 4.69) is 25.9 Å². The molecule has 0 aromatic carbocycles. The van der Waals surface area contributed by atoms with Crippen molar-refractivity contribution in [1.29, 1.82) is 0 Å². The number of nitrogens with one attached hydrogen (secondary N) is 3. The summed E-state index contributed by atoms with van der Waals surface area (Å²) in [6.07, 6.45) is -3.81. The number of amides is 1. The van der Waals surface area contributed by atoms with Crippen molar-refractivity contribution >= 4 is 17.7 Å². The van der Waals surface area contributed by atoms with Gasteiger partial charge in [0.25, 0.3) is 0 Å². The quantitative estimate of drug-likeness (QED) is 0.747. The van der Waals surface area contributed by atoms with Crippen LogP contribution in [0.25, 0.3) is 0 Å². The molecule has 1 atom stereocenters. The van der Waals surface area contributed by atoms with E-state index in [9.17, 15) is 18.0 Å². The predicted molar refractivity (Wildman–Crippen MR) is 73.0 cm³/mol. The van der Waals surface area contributed by atoms with E-state index in [4.69, 9.17) is 0 Å². The van der Waals surface area contributed by atoms with Crippen LogP contribution >= 0.6 is 0 Å². The van der Waals surface area contributed by atoms with Crippen LogP contribution in [0.15, 0.2) is 6.07 Å². The highest BCUT2D eigenvalue weighted by atomic mass is 19.4. The van der Waals surface area contributed by atoms with Gasteiger partial charge in [0.05, 0.1) is 0 Å². The molecule has 0 radical (unpaired) electrons. The van der Waals surface area contributed by atoms with Crippen molar-refractivity contribution in [2.24, 2.45) is 0 Å². The minimum absolute atomic E-state index is 0.0687. The Labute approximate surface area is 120 Å². The standard InChI is InChI=1S/C12H18F3N5O/c1-4-5-17-10(21)7(2)18-9-6-8(12(13,14)15)19-11(16-3)20-9/h6-7H,4-5H2,1-3H3,(H,17,21)(H2,16,18,19,20). The summed E-state index contributed by atoms with van der Waals surface area (Å²) >= 11 is 0. The van der Waals surface area contributed by atoms with Crippen molar-refractivity contribution in [3.63, 3.8) is 0 Å². The minimum atomic E-state index is -4.58. The molecule has 1 aromatic heterocycles. The normalized spacial score (nSPS) is 12.7. The molecule has 1 aromatic rings. The molecule has 1 amide bonds. The van der Waals surface area contributed by atoms with E-state index < -0.39 is 17.9 Å². The number of alkyl halides is 3. The SMILES string of the molecule is CCCNC(=O)C(C)Nc1cc(C(F)(F)F)nc(NC)n1. The molecule has 0 saturated heterocycles. The molecule has 0 saturated carbocycles. The zero-order valence-electron chi connectivity index (χ0n) is 12.0. The third-order valence-corrected chi connectivity index (χ3v) is 2.55. The smallest absolute Gasteiger partial charge is 0.358 e. The molecule has 118 valence electrons. The van der Waals surface area contributed by atoms with Gasteiger partial charge in [-0.1, -0.05) is 6.92 Å². The van der Waals surface area contributed by atoms with E-state index in [1.165, 1.54) is 7.05 Å². The Bertz CT molecular complexity index is 492. The number of anilines is 2. The second-order valence-corrected chi connectivity index (χ2v) is 4.37. The average Bonchev–Trinajstić information content (AvgIpc) is 2.43. The van der Waals surface area contributed by atoms with Crippen molar-refractivity contribution in [2.45, 2.75) is 32.5 Å². The van der Waals surface area contributed by atoms with Gasteiger partial charge in [-0.2, -0.15) is 18.2 Å². The predicted octanol–water partition coefficient (Wildman–Crippen LogP) is 1.86. The van der Waals surface area contributed by atoms with E-state index in [1.807, 2.05) is 6.92 Å². The van der Waals surface area contributed by atoms with Crippen LogP contribution < -0.4 is 16.0 Å². The largest absolute Gasteiger partial charge is 0.433 e. The Balaban J connectivity index is 2.89. The number of nitrogens with zero attached hydrogens (tertiary/aromatic N) is 2. The van der Waals surface area contributed by atoms with E-state index in [1.54, 1.807) is 6.92 Å². The number of hydrogen-bond acceptors (Lipinski definition) is 5. The Kier molecular flexibility index (Phi) is 5.74. The first-order valence-electron chi connectivity index (χ1n) is 6.46. The number of hydrogen-bond donors (Lipinski definition) is 3. The van der Waals surface area contributed by atoms with Crippen LogP contribution in [0.2, 0.25) is 0 Å². The first-order chi connectivity index (χ1) is 9.77. The summed E-state index contributed by atoms with van der Waals surface area (Å²) < 4.78 is 38.2. The molecule has 21 heavy (non-hydrogen) atoms. The van der Waals surface area contributed by atoms with Gasteiger partial charge in [0.15, 0.2) is 5.69 Å². The first-order valence-corrected chi connectivity index (χ1v) is 6.46. The fourth-order valence-corrected chi connectivity index (χ4v) is 1.47. The fourth-order valence-electron chi connectivity index (χ4n) is 1.47. The number of carbonyl (C=O) groups is 1. The lowest BCUT2D eigenvalue weighted by Crippen LogP contribution is -2.38. The monoisotopic (exact) mass is 305 g/mol. The Morgan fingerprint density at radius 3 is 2.57 bits per heavy atom. The summed E-state index contributed by atoms with van der Waals surface area (Å²) in [5.74, 6) is -0.552. The van der Waals surface area contributed by atoms with Crippen LogP contribution in [0.3, 0.4) is 0 Å². The molecule has 6 nitrogen and oxygen atoms in total. The molecule has 3 N–H and O–H groups in total. The lowest BCUT2D eigenvalue weighted by atomic mass is 10.3. The Hall–Kier alpha value is -2.06. The summed E-state index contributed by atoms with van der Waals surface area (Å²) in [6.45, 7) is 3.95. The minimum Gasteiger partial charge on any atom is -0.358 e. The highest BCUT2D eigenvalue weighted by molar-refractivity contribution is 5.83. The summed E-state index contributed by atoms with van der Waals surface area (Å²) in [5.41, 5.74) is -1.08. The lowest BCUT2D eigenvalue weighted by molar-refractivity contribution is -0.141. The van der Waals surface area contributed by atoms with E-state index in [0.29, 0.717) is 6.54 Å². The maximum Gasteiger partial charge on any atom is 0.433 e. The molecule has 0 aliphatic heterocycles. The van der Waals surface area contributed by atoms with Gasteiger partial charge >= 0.3 is 6.18 Å². The van der Waals surface area contributed by atoms with Gasteiger partial charge in [-0.15, -0.1) is 0 Å². The number of halogens is 3. The lowest BCUT2D eigenvalue weighted by Gasteiger charge is -2.16. The van der Waals surface area contributed by atoms with Gasteiger partial charge in [0.1, 0.15) is 11.9 Å². The summed E-state index contributed by atoms with van der Waals surface area (Å²) in [4.78, 5) is 18.9. The van der Waals surface area contributed by atoms with Crippen molar-refractivity contribution in [3.05, 3.63) is 11.8 Å². The van der Waals surface area contributed by atoms with Crippen LogP contribution in [0.5, 0.6) is 0 Å². The van der Waals surface area contributed by atoms with Crippen LogP contribution in [-0.2, 0) is 11.0 Å². The number of carbonyl (C=O) groups excluding carboxylic acids is 1. The van der Waals surface area contributed by atoms with Crippen LogP contribution in [0.1, 0.15) is 26.0 Å². The average molecular weight is 305 g/mol. The van der Waals surface area contributed by atoms with E-state index in [-0.39, 0.29) is 17.7 Å². The second kappa shape index (κ2) is 7.09. The van der Waals surface area contributed by atoms with Gasteiger partial charge in [0, 0.05) is 19.7 Å². The zero-order valence-corrected chi connectivity index (χ0v) is 12.0. The molecule has 0 bridgehead atoms. The molecular weight excluding hydrogens is 287 g/mol. The van der Waals surface area contributed by atoms with Crippen LogP contribution in [0.4, 0.5) is 24.9 Å². The third kappa shape index (κ3) is 5.09. The molecule has 0 fully saturated rings. The van der Waals surface area contributed by atoms with Gasteiger partial charge in [-0.05, 0) is 13.3 Å². The highest BCUT2D eigenvalue weighted by Crippen LogP contribution is 2.29. The van der Waals surface area contributed by atoms with Crippen LogP contribution in [-0.4, -0.2) is 35.5 Å². The van der Waals surface area contributed by atoms with Gasteiger partial charge < -0.3 is 16.0 Å². The molecule has 1 rings (SSSR count). The fraction of sp³-hybridized carbons (Fsp3) is 0.583. The van der Waals surface area contributed by atoms with Gasteiger partial charge in [0.2, 0.25) is 11.9 Å². The summed E-state index contributed by atoms with van der Waals surface area (Å²) in [7, 11) is 1.41. The molecule has 0 aliphatic rings. The van der Waals surface area contributed by atoms with Gasteiger partial charge in [-0.25, -0.2) is 4.98 Å². The summed E-state index contributed by atoms with van der Waals surface area (Å²) in [5, 5.41) is 7.73. The van der Waals surface area contributed by atoms with Crippen molar-refractivity contribution in [1.82, 2.24) is 15.3 Å². The molecule has 0 spiro atoms. The highest BCUT2D eigenvalue weighted by Gasteiger charge is 2.33. The van der Waals surface area contributed by atoms with Crippen molar-refractivity contribution < 1.29 is 18.0 Å². The molecule has 1 unspecified atom stereocenters. The Morgan fingerprint density at radius 1 is 1.38 bits per heavy atom. The molecule has 9 heteroatoms. The zero-order chi connectivity index (χ0) is 16.0. The number of rotatable bonds is 6. The maximum atomic E-state index is 12.7. The first kappa shape index (κ1) is 17.0. The van der Waals surface area contributed by atoms with Crippen LogP contribution in [0, 0.1) is 0 Å². The third-order valence-electron chi connectivity index (χ3n) is 2.55. The summed E-state index contributed by atoms with van der Waals surface area (Å²) in [6, 6.07) is 0.0574. The Morgan fingerprint density at radius 2 is 2.05 bits per heavy atom. The van der Waals surface area contributed by atoms with Crippen molar-refractivity contribution in [3.8, 4) is 0 Å². The topological polar surface area (TPSA) is 78.9 Å². The van der Waals surface area contributed by atoms with Crippen molar-refractivity contribution in [2.75, 3.05) is 24.2 Å².